The largest absolute Gasteiger partial charge is 0.586 e. The van der Waals surface area contributed by atoms with Crippen LogP contribution in [0.3, 0.4) is 0 Å². The van der Waals surface area contributed by atoms with E-state index in [1.54, 1.807) is 18.2 Å². The topological polar surface area (TPSA) is 30.5 Å². The zero-order valence-electron chi connectivity index (χ0n) is 11.1. The van der Waals surface area contributed by atoms with Crippen LogP contribution < -0.4 is 14.8 Å². The van der Waals surface area contributed by atoms with Crippen LogP contribution in [0.15, 0.2) is 42.5 Å². The lowest BCUT2D eigenvalue weighted by molar-refractivity contribution is -0.286. The number of nitrogens with one attached hydrogen (secondary N) is 1. The minimum atomic E-state index is -3.59. The van der Waals surface area contributed by atoms with Gasteiger partial charge in [0.2, 0.25) is 0 Å². The summed E-state index contributed by atoms with van der Waals surface area (Å²) in [6, 6.07) is 12.0. The third-order valence-electron chi connectivity index (χ3n) is 3.15. The summed E-state index contributed by atoms with van der Waals surface area (Å²) in [5.74, 6) is 0.0537. The van der Waals surface area contributed by atoms with Gasteiger partial charge in [0, 0.05) is 22.8 Å². The second-order valence-electron chi connectivity index (χ2n) is 4.75. The van der Waals surface area contributed by atoms with E-state index in [1.807, 2.05) is 19.1 Å². The van der Waals surface area contributed by atoms with Gasteiger partial charge >= 0.3 is 6.29 Å². The van der Waals surface area contributed by atoms with Crippen LogP contribution in [-0.2, 0) is 0 Å². The van der Waals surface area contributed by atoms with Crippen molar-refractivity contribution in [1.29, 1.82) is 0 Å². The molecule has 1 heterocycles. The number of halogens is 3. The Hall–Kier alpha value is -2.01. The van der Waals surface area contributed by atoms with Crippen LogP contribution >= 0.6 is 11.6 Å². The molecular weight excluding hydrogens is 300 g/mol. The maximum Gasteiger partial charge on any atom is 0.586 e. The molecule has 2 aromatic rings. The molecule has 0 saturated heterocycles. The lowest BCUT2D eigenvalue weighted by atomic mass is 10.1. The van der Waals surface area contributed by atoms with Gasteiger partial charge in [-0.1, -0.05) is 23.7 Å². The fourth-order valence-corrected chi connectivity index (χ4v) is 2.25. The minimum Gasteiger partial charge on any atom is -0.395 e. The number of hydrogen-bond donors (Lipinski definition) is 1. The summed E-state index contributed by atoms with van der Waals surface area (Å²) < 4.78 is 34.7. The Morgan fingerprint density at radius 2 is 1.71 bits per heavy atom. The van der Waals surface area contributed by atoms with Crippen molar-refractivity contribution in [2.24, 2.45) is 0 Å². The Morgan fingerprint density at radius 1 is 1.05 bits per heavy atom. The predicted octanol–water partition coefficient (Wildman–Crippen LogP) is 4.83. The highest BCUT2D eigenvalue weighted by molar-refractivity contribution is 6.30. The highest BCUT2D eigenvalue weighted by Gasteiger charge is 2.43. The number of alkyl halides is 2. The van der Waals surface area contributed by atoms with E-state index in [9.17, 15) is 8.78 Å². The van der Waals surface area contributed by atoms with E-state index in [2.05, 4.69) is 14.8 Å². The number of hydrogen-bond acceptors (Lipinski definition) is 3. The van der Waals surface area contributed by atoms with Crippen LogP contribution in [0.1, 0.15) is 18.5 Å². The molecule has 0 aromatic heterocycles. The van der Waals surface area contributed by atoms with Crippen molar-refractivity contribution in [3.05, 3.63) is 53.1 Å². The van der Waals surface area contributed by atoms with E-state index < -0.39 is 6.29 Å². The van der Waals surface area contributed by atoms with Gasteiger partial charge in [-0.25, -0.2) is 0 Å². The average molecular weight is 312 g/mol. The molecule has 21 heavy (non-hydrogen) atoms. The normalized spacial score (nSPS) is 16.6. The van der Waals surface area contributed by atoms with Gasteiger partial charge in [0.05, 0.1) is 0 Å². The van der Waals surface area contributed by atoms with Crippen molar-refractivity contribution in [3.8, 4) is 11.5 Å². The monoisotopic (exact) mass is 311 g/mol. The first-order chi connectivity index (χ1) is 9.93. The molecule has 2 aromatic carbocycles. The first-order valence-electron chi connectivity index (χ1n) is 6.35. The van der Waals surface area contributed by atoms with Gasteiger partial charge in [-0.05, 0) is 36.8 Å². The minimum absolute atomic E-state index is 0.0110. The zero-order chi connectivity index (χ0) is 15.0. The van der Waals surface area contributed by atoms with Crippen molar-refractivity contribution >= 4 is 17.3 Å². The summed E-state index contributed by atoms with van der Waals surface area (Å²) in [6.45, 7) is 1.96. The fraction of sp³-hybridized carbons (Fsp3) is 0.200. The highest BCUT2D eigenvalue weighted by atomic mass is 35.5. The van der Waals surface area contributed by atoms with Crippen LogP contribution in [-0.4, -0.2) is 6.29 Å². The first-order valence-corrected chi connectivity index (χ1v) is 6.73. The quantitative estimate of drug-likeness (QED) is 0.880. The summed E-state index contributed by atoms with van der Waals surface area (Å²) in [5, 5.41) is 3.87. The van der Waals surface area contributed by atoms with Gasteiger partial charge in [0.25, 0.3) is 0 Å². The molecule has 1 N–H and O–H groups in total. The van der Waals surface area contributed by atoms with Gasteiger partial charge in [0.1, 0.15) is 0 Å². The summed E-state index contributed by atoms with van der Waals surface area (Å²) in [7, 11) is 0. The molecule has 0 amide bonds. The van der Waals surface area contributed by atoms with Gasteiger partial charge < -0.3 is 14.8 Å². The van der Waals surface area contributed by atoms with Crippen LogP contribution in [0, 0.1) is 0 Å². The maximum atomic E-state index is 13.0. The van der Waals surface area contributed by atoms with E-state index in [-0.39, 0.29) is 17.5 Å². The molecule has 1 aliphatic rings. The Labute approximate surface area is 125 Å². The van der Waals surface area contributed by atoms with Crippen LogP contribution in [0.25, 0.3) is 0 Å². The molecule has 1 aliphatic heterocycles. The molecule has 110 valence electrons. The van der Waals surface area contributed by atoms with Gasteiger partial charge in [0.15, 0.2) is 11.5 Å². The molecule has 0 fully saturated rings. The lowest BCUT2D eigenvalue weighted by Gasteiger charge is -2.16. The third kappa shape index (κ3) is 3.03. The molecule has 3 rings (SSSR count). The molecule has 0 bridgehead atoms. The zero-order valence-corrected chi connectivity index (χ0v) is 11.8. The molecule has 0 spiro atoms. The van der Waals surface area contributed by atoms with Crippen LogP contribution in [0.4, 0.5) is 14.5 Å². The Balaban J connectivity index is 1.76. The van der Waals surface area contributed by atoms with E-state index in [0.717, 1.165) is 5.56 Å². The molecule has 1 unspecified atom stereocenters. The summed E-state index contributed by atoms with van der Waals surface area (Å²) in [5.41, 5.74) is 1.69. The molecule has 0 saturated carbocycles. The van der Waals surface area contributed by atoms with E-state index in [4.69, 9.17) is 11.6 Å². The van der Waals surface area contributed by atoms with Crippen molar-refractivity contribution < 1.29 is 18.3 Å². The van der Waals surface area contributed by atoms with Crippen LogP contribution in [0.5, 0.6) is 11.5 Å². The first kappa shape index (κ1) is 13.9. The van der Waals surface area contributed by atoms with Gasteiger partial charge in [-0.3, -0.25) is 0 Å². The molecular formula is C15H12ClF2NO2. The maximum absolute atomic E-state index is 13.0. The number of fused-ring (bicyclic) bond motifs is 1. The average Bonchev–Trinajstić information content (AvgIpc) is 2.72. The number of rotatable bonds is 3. The standard InChI is InChI=1S/C15H12ClF2NO2/c1-9(10-2-4-11(16)5-3-10)19-12-6-7-13-14(8-12)21-15(17,18)20-13/h2-9,19H,1H3. The predicted molar refractivity (Wildman–Crippen MR) is 76.1 cm³/mol. The van der Waals surface area contributed by atoms with E-state index >= 15 is 0 Å². The number of anilines is 1. The molecule has 0 radical (unpaired) electrons. The van der Waals surface area contributed by atoms with Crippen molar-refractivity contribution in [3.63, 3.8) is 0 Å². The Morgan fingerprint density at radius 3 is 2.43 bits per heavy atom. The van der Waals surface area contributed by atoms with Gasteiger partial charge in [-0.2, -0.15) is 0 Å². The van der Waals surface area contributed by atoms with Gasteiger partial charge in [-0.15, -0.1) is 8.78 Å². The third-order valence-corrected chi connectivity index (χ3v) is 3.41. The summed E-state index contributed by atoms with van der Waals surface area (Å²) in [6.07, 6.45) is -3.59. The Kier molecular flexibility index (Phi) is 3.37. The van der Waals surface area contributed by atoms with Crippen molar-refractivity contribution in [1.82, 2.24) is 0 Å². The summed E-state index contributed by atoms with van der Waals surface area (Å²) in [4.78, 5) is 0. The smallest absolute Gasteiger partial charge is 0.395 e. The number of benzene rings is 2. The number of ether oxygens (including phenoxy) is 2. The molecule has 3 nitrogen and oxygen atoms in total. The van der Waals surface area contributed by atoms with Crippen LogP contribution in [0.2, 0.25) is 5.02 Å². The highest BCUT2D eigenvalue weighted by Crippen LogP contribution is 2.42. The summed E-state index contributed by atoms with van der Waals surface area (Å²) >= 11 is 5.85. The van der Waals surface area contributed by atoms with Crippen molar-refractivity contribution in [2.45, 2.75) is 19.3 Å². The second kappa shape index (κ2) is 5.07. The lowest BCUT2D eigenvalue weighted by Crippen LogP contribution is -2.25. The molecule has 0 aliphatic carbocycles. The second-order valence-corrected chi connectivity index (χ2v) is 5.18. The molecule has 1 atom stereocenters. The fourth-order valence-electron chi connectivity index (χ4n) is 2.12. The van der Waals surface area contributed by atoms with E-state index in [1.165, 1.54) is 12.1 Å². The molecule has 6 heteroatoms. The van der Waals surface area contributed by atoms with Crippen molar-refractivity contribution in [2.75, 3.05) is 5.32 Å². The Bertz CT molecular complexity index is 661. The SMILES string of the molecule is CC(Nc1ccc2c(c1)OC(F)(F)O2)c1ccc(Cl)cc1. The van der Waals surface area contributed by atoms with E-state index in [0.29, 0.717) is 10.7 Å².